The molecular formula is C22H25F2N3O3. The Morgan fingerprint density at radius 3 is 2.57 bits per heavy atom. The van der Waals surface area contributed by atoms with Gasteiger partial charge in [-0.2, -0.15) is 0 Å². The molecule has 1 aliphatic rings. The number of anilines is 2. The van der Waals surface area contributed by atoms with Crippen molar-refractivity contribution in [3.05, 3.63) is 54.1 Å². The number of carbonyl (C=O) groups is 2. The van der Waals surface area contributed by atoms with Gasteiger partial charge in [-0.3, -0.25) is 9.59 Å². The van der Waals surface area contributed by atoms with Crippen molar-refractivity contribution < 1.29 is 23.1 Å². The lowest BCUT2D eigenvalue weighted by atomic mass is 10.2. The van der Waals surface area contributed by atoms with Gasteiger partial charge in [-0.15, -0.1) is 0 Å². The van der Waals surface area contributed by atoms with Gasteiger partial charge in [0.05, 0.1) is 18.8 Å². The number of hydrogen-bond donors (Lipinski definition) is 1. The van der Waals surface area contributed by atoms with E-state index < -0.39 is 11.9 Å². The highest BCUT2D eigenvalue weighted by atomic mass is 19.1. The van der Waals surface area contributed by atoms with Crippen molar-refractivity contribution in [1.82, 2.24) is 5.32 Å². The zero-order valence-electron chi connectivity index (χ0n) is 17.0. The van der Waals surface area contributed by atoms with E-state index in [-0.39, 0.29) is 24.2 Å². The van der Waals surface area contributed by atoms with Crippen LogP contribution in [0.3, 0.4) is 0 Å². The zero-order valence-corrected chi connectivity index (χ0v) is 17.0. The molecule has 2 amide bonds. The first-order chi connectivity index (χ1) is 14.4. The van der Waals surface area contributed by atoms with Crippen LogP contribution in [0.15, 0.2) is 42.5 Å². The molecule has 0 unspecified atom stereocenters. The van der Waals surface area contributed by atoms with Gasteiger partial charge in [0.2, 0.25) is 11.8 Å². The highest BCUT2D eigenvalue weighted by molar-refractivity contribution is 5.99. The second-order valence-corrected chi connectivity index (χ2v) is 7.08. The number of fused-ring (bicyclic) bond motifs is 1. The van der Waals surface area contributed by atoms with E-state index in [1.807, 2.05) is 11.8 Å². The first-order valence-electron chi connectivity index (χ1n) is 9.92. The summed E-state index contributed by atoms with van der Waals surface area (Å²) < 4.78 is 32.2. The van der Waals surface area contributed by atoms with Crippen LogP contribution in [0.5, 0.6) is 5.75 Å². The Kier molecular flexibility index (Phi) is 6.87. The molecule has 1 aliphatic heterocycles. The number of benzene rings is 2. The summed E-state index contributed by atoms with van der Waals surface area (Å²) in [6, 6.07) is 9.08. The molecule has 1 N–H and O–H groups in total. The standard InChI is InChI=1S/C22H25F2N3O3/c1-3-27(18-8-5-16(23)6-9-18)22(29)15(2)25-21(28)14-26-11-4-12-30-20-13-17(24)7-10-19(20)26/h5-10,13,15H,3-4,11-12,14H2,1-2H3,(H,25,28)/t15-/m0/s1. The van der Waals surface area contributed by atoms with Crippen LogP contribution in [0.4, 0.5) is 20.2 Å². The lowest BCUT2D eigenvalue weighted by Gasteiger charge is -2.27. The monoisotopic (exact) mass is 417 g/mol. The molecule has 0 spiro atoms. The third kappa shape index (κ3) is 5.06. The number of halogens is 2. The van der Waals surface area contributed by atoms with Gasteiger partial charge in [-0.25, -0.2) is 8.78 Å². The van der Waals surface area contributed by atoms with Crippen molar-refractivity contribution in [2.24, 2.45) is 0 Å². The fourth-order valence-corrected chi connectivity index (χ4v) is 3.43. The molecule has 3 rings (SSSR count). The van der Waals surface area contributed by atoms with Gasteiger partial charge in [0.15, 0.2) is 0 Å². The van der Waals surface area contributed by atoms with E-state index in [1.54, 1.807) is 13.0 Å². The van der Waals surface area contributed by atoms with Crippen LogP contribution in [0.2, 0.25) is 0 Å². The fourth-order valence-electron chi connectivity index (χ4n) is 3.43. The predicted molar refractivity (Wildman–Crippen MR) is 111 cm³/mol. The minimum Gasteiger partial charge on any atom is -0.491 e. The van der Waals surface area contributed by atoms with E-state index >= 15 is 0 Å². The molecule has 0 aliphatic carbocycles. The highest BCUT2D eigenvalue weighted by Crippen LogP contribution is 2.31. The van der Waals surface area contributed by atoms with Crippen molar-refractivity contribution in [1.29, 1.82) is 0 Å². The van der Waals surface area contributed by atoms with Crippen molar-refractivity contribution in [3.8, 4) is 5.75 Å². The Bertz CT molecular complexity index is 905. The highest BCUT2D eigenvalue weighted by Gasteiger charge is 2.24. The molecule has 2 aromatic carbocycles. The topological polar surface area (TPSA) is 61.9 Å². The van der Waals surface area contributed by atoms with E-state index in [0.29, 0.717) is 43.2 Å². The Morgan fingerprint density at radius 1 is 1.17 bits per heavy atom. The van der Waals surface area contributed by atoms with Crippen LogP contribution in [-0.4, -0.2) is 44.1 Å². The zero-order chi connectivity index (χ0) is 21.7. The molecule has 0 fully saturated rings. The number of nitrogens with zero attached hydrogens (tertiary/aromatic N) is 2. The summed E-state index contributed by atoms with van der Waals surface area (Å²) in [5.41, 5.74) is 1.20. The molecule has 8 heteroatoms. The van der Waals surface area contributed by atoms with E-state index in [1.165, 1.54) is 41.3 Å². The number of amides is 2. The minimum absolute atomic E-state index is 0.0162. The number of carbonyl (C=O) groups excluding carboxylic acids is 2. The smallest absolute Gasteiger partial charge is 0.249 e. The fraction of sp³-hybridized carbons (Fsp3) is 0.364. The van der Waals surface area contributed by atoms with Crippen LogP contribution in [-0.2, 0) is 9.59 Å². The Morgan fingerprint density at radius 2 is 1.87 bits per heavy atom. The normalized spacial score (nSPS) is 14.2. The van der Waals surface area contributed by atoms with Gasteiger partial charge in [-0.1, -0.05) is 0 Å². The molecule has 6 nitrogen and oxygen atoms in total. The number of nitrogens with one attached hydrogen (secondary N) is 1. The molecule has 1 atom stereocenters. The summed E-state index contributed by atoms with van der Waals surface area (Å²) in [5.74, 6) is -1.01. The Labute approximate surface area is 174 Å². The molecule has 2 aromatic rings. The van der Waals surface area contributed by atoms with Crippen LogP contribution < -0.4 is 19.9 Å². The molecule has 0 saturated carbocycles. The van der Waals surface area contributed by atoms with Crippen LogP contribution in [0.1, 0.15) is 20.3 Å². The third-order valence-corrected chi connectivity index (χ3v) is 4.90. The molecule has 160 valence electrons. The quantitative estimate of drug-likeness (QED) is 0.785. The minimum atomic E-state index is -0.765. The average Bonchev–Trinajstić information content (AvgIpc) is 2.91. The third-order valence-electron chi connectivity index (χ3n) is 4.90. The predicted octanol–water partition coefficient (Wildman–Crippen LogP) is 3.11. The SMILES string of the molecule is CCN(C(=O)[C@H](C)NC(=O)CN1CCCOc2cc(F)ccc21)c1ccc(F)cc1. The lowest BCUT2D eigenvalue weighted by molar-refractivity contribution is -0.126. The van der Waals surface area contributed by atoms with Gasteiger partial charge in [0, 0.05) is 24.8 Å². The number of ether oxygens (including phenoxy) is 1. The summed E-state index contributed by atoms with van der Waals surface area (Å²) in [6.07, 6.45) is 0.687. The molecule has 30 heavy (non-hydrogen) atoms. The van der Waals surface area contributed by atoms with Crippen molar-refractivity contribution in [3.63, 3.8) is 0 Å². The maximum atomic E-state index is 13.5. The van der Waals surface area contributed by atoms with Gasteiger partial charge < -0.3 is 19.9 Å². The molecular weight excluding hydrogens is 392 g/mol. The number of rotatable bonds is 6. The van der Waals surface area contributed by atoms with E-state index in [4.69, 9.17) is 4.74 Å². The molecule has 0 aromatic heterocycles. The van der Waals surface area contributed by atoms with Gasteiger partial charge in [-0.05, 0) is 56.7 Å². The van der Waals surface area contributed by atoms with Crippen LogP contribution in [0, 0.1) is 11.6 Å². The van der Waals surface area contributed by atoms with Crippen LogP contribution in [0.25, 0.3) is 0 Å². The summed E-state index contributed by atoms with van der Waals surface area (Å²) in [6.45, 7) is 4.83. The van der Waals surface area contributed by atoms with Crippen molar-refractivity contribution in [2.75, 3.05) is 36.0 Å². The molecule has 0 bridgehead atoms. The average molecular weight is 417 g/mol. The largest absolute Gasteiger partial charge is 0.491 e. The number of hydrogen-bond acceptors (Lipinski definition) is 4. The van der Waals surface area contributed by atoms with E-state index in [0.717, 1.165) is 0 Å². The van der Waals surface area contributed by atoms with Crippen LogP contribution >= 0.6 is 0 Å². The van der Waals surface area contributed by atoms with Gasteiger partial charge in [0.25, 0.3) is 0 Å². The van der Waals surface area contributed by atoms with Gasteiger partial charge >= 0.3 is 0 Å². The second kappa shape index (κ2) is 9.56. The first-order valence-corrected chi connectivity index (χ1v) is 9.92. The summed E-state index contributed by atoms with van der Waals surface area (Å²) in [5, 5.41) is 2.72. The summed E-state index contributed by atoms with van der Waals surface area (Å²) in [7, 11) is 0. The van der Waals surface area contributed by atoms with E-state index in [2.05, 4.69) is 5.32 Å². The molecule has 0 radical (unpaired) electrons. The van der Waals surface area contributed by atoms with Crippen molar-refractivity contribution in [2.45, 2.75) is 26.3 Å². The lowest BCUT2D eigenvalue weighted by Crippen LogP contribution is -2.49. The van der Waals surface area contributed by atoms with Crippen molar-refractivity contribution >= 4 is 23.2 Å². The molecule has 0 saturated heterocycles. The van der Waals surface area contributed by atoms with Gasteiger partial charge in [0.1, 0.15) is 23.4 Å². The number of likely N-dealkylation sites (N-methyl/N-ethyl adjacent to an activating group) is 1. The first kappa shape index (κ1) is 21.5. The maximum Gasteiger partial charge on any atom is 0.249 e. The summed E-state index contributed by atoms with van der Waals surface area (Å²) >= 11 is 0. The van der Waals surface area contributed by atoms with E-state index in [9.17, 15) is 18.4 Å². The Hall–Kier alpha value is -3.16. The summed E-state index contributed by atoms with van der Waals surface area (Å²) in [4.78, 5) is 28.7. The maximum absolute atomic E-state index is 13.5. The Balaban J connectivity index is 1.65. The second-order valence-electron chi connectivity index (χ2n) is 7.08. The molecule has 1 heterocycles.